The van der Waals surface area contributed by atoms with E-state index >= 15 is 0 Å². The number of nitrogens with zero attached hydrogens (tertiary/aromatic N) is 21. The van der Waals surface area contributed by atoms with E-state index in [1.807, 2.05) is 106 Å². The Morgan fingerprint density at radius 3 is 1.16 bits per heavy atom. The third kappa shape index (κ3) is 23.8. The molecule has 15 aromatic heterocycles. The topological polar surface area (TPSA) is 330 Å². The summed E-state index contributed by atoms with van der Waals surface area (Å²) in [5.74, 6) is 6.97. The van der Waals surface area contributed by atoms with Crippen LogP contribution in [0.1, 0.15) is 184 Å². The number of fused-ring (bicyclic) bond motifs is 5. The number of halogens is 7. The fourth-order valence-corrected chi connectivity index (χ4v) is 19.7. The second-order valence-corrected chi connectivity index (χ2v) is 38.4. The molecule has 1 unspecified atom stereocenters. The first-order valence-electron chi connectivity index (χ1n) is 43.4. The standard InChI is InChI=1S/C21H23BrN6S.C18H12BrCl2N5O.C18H20BrN5O.C18H20BrN5.C16H12BrN5OS.C2H6/c22-17-12-24-28-20(10-18(25-21(17)28)15-4-2-1-3-5-15)23-11-14-6-8-16(9-7-14)19-13-29-27-26-19;19-14-9-23-26-17(22-8-11-2-1-5-25(27)10-11)7-16(24-18(14)26)13-4-3-12(20)6-15(13)21;19-15-11-21-24-17(20-10-13-5-4-8-23(25)12-13)9-16(22-18(15)24)14-6-2-1-3-7-14;19-15-12-22-24-17(21-11-13-5-4-8-20-10-13)9-16(23-18(15)24)14-6-2-1-3-7-14;17-12-9-19-22-15(18-8-11-3-1-5-21(23)10-11)7-13(20-16(12)22)14-4-2-6-24-14;1-2/h6-10,12,15,19,23H,1-5,11,13H2;1-7,9-10,22H,8H2;4-5,8-9,11-12,14,20H,1-3,6-7,10H2;4-5,8-10,12,14,21H,1-3,6-7,11H2;1-7,9-10,18H,8H2;1-2H3. The first-order valence-corrected chi connectivity index (χ1v) is 50.0. The molecule has 16 heterocycles. The quantitative estimate of drug-likeness (QED) is 0.0253. The van der Waals surface area contributed by atoms with E-state index < -0.39 is 0 Å². The van der Waals surface area contributed by atoms with Crippen molar-refractivity contribution in [1.82, 2.24) is 78.0 Å². The van der Waals surface area contributed by atoms with Crippen molar-refractivity contribution in [3.8, 4) is 21.8 Å². The molecular formula is C93H93Br5Cl2N26O3S2. The minimum Gasteiger partial charge on any atom is -0.619 e. The normalized spacial score (nSPS) is 14.6. The van der Waals surface area contributed by atoms with Gasteiger partial charge >= 0.3 is 0 Å². The van der Waals surface area contributed by atoms with Gasteiger partial charge in [-0.1, -0.05) is 131 Å². The molecule has 3 aliphatic carbocycles. The van der Waals surface area contributed by atoms with Gasteiger partial charge in [-0.3, -0.25) is 4.98 Å². The van der Waals surface area contributed by atoms with Gasteiger partial charge in [-0.05, 0) is 201 Å². The lowest BCUT2D eigenvalue weighted by molar-refractivity contribution is -0.606. The van der Waals surface area contributed by atoms with Crippen LogP contribution >= 0.6 is 126 Å². The van der Waals surface area contributed by atoms with Gasteiger partial charge in [-0.25, -0.2) is 24.9 Å². The van der Waals surface area contributed by atoms with Crippen LogP contribution in [0.25, 0.3) is 50.1 Å². The molecule has 17 aromatic rings. The third-order valence-corrected chi connectivity index (χ3v) is 27.6. The van der Waals surface area contributed by atoms with Gasteiger partial charge in [0.25, 0.3) is 0 Å². The van der Waals surface area contributed by atoms with Crippen molar-refractivity contribution >= 4 is 183 Å². The lowest BCUT2D eigenvalue weighted by atomic mass is 9.87. The number of thiophene rings is 1. The van der Waals surface area contributed by atoms with Crippen LogP contribution in [0.15, 0.2) is 251 Å². The van der Waals surface area contributed by atoms with Crippen LogP contribution in [0.2, 0.25) is 10.0 Å². The Labute approximate surface area is 816 Å². The molecule has 4 aliphatic rings. The number of rotatable bonds is 21. The highest BCUT2D eigenvalue weighted by molar-refractivity contribution is 9.11. The van der Waals surface area contributed by atoms with Gasteiger partial charge in [0, 0.05) is 162 Å². The van der Waals surface area contributed by atoms with Crippen molar-refractivity contribution in [2.24, 2.45) is 9.63 Å². The molecule has 3 saturated carbocycles. The van der Waals surface area contributed by atoms with E-state index in [0.29, 0.717) is 71.1 Å². The zero-order chi connectivity index (χ0) is 90.7. The van der Waals surface area contributed by atoms with Gasteiger partial charge in [-0.15, -0.1) is 15.9 Å². The monoisotopic (exact) mass is 2150 g/mol. The second-order valence-electron chi connectivity index (χ2n) is 31.6. The Kier molecular flexibility index (Phi) is 32.1. The number of pyridine rings is 4. The first kappa shape index (κ1) is 93.4. The molecular weight excluding hydrogens is 2060 g/mol. The average molecular weight is 2160 g/mol. The van der Waals surface area contributed by atoms with Crippen molar-refractivity contribution in [2.45, 2.75) is 167 Å². The lowest BCUT2D eigenvalue weighted by Crippen LogP contribution is -2.25. The maximum absolute atomic E-state index is 11.5. The molecule has 0 spiro atoms. The Morgan fingerprint density at radius 2 is 0.786 bits per heavy atom. The van der Waals surface area contributed by atoms with E-state index in [1.54, 1.807) is 87.9 Å². The highest BCUT2D eigenvalue weighted by Crippen LogP contribution is 2.40. The van der Waals surface area contributed by atoms with Crippen molar-refractivity contribution in [1.29, 1.82) is 0 Å². The number of hydrogen-bond donors (Lipinski definition) is 5. The van der Waals surface area contributed by atoms with Crippen LogP contribution in [0, 0.1) is 15.6 Å². The van der Waals surface area contributed by atoms with Crippen molar-refractivity contribution in [3.63, 3.8) is 0 Å². The van der Waals surface area contributed by atoms with E-state index in [-0.39, 0.29) is 6.04 Å². The number of hydrogen-bond acceptors (Lipinski definition) is 23. The number of benzene rings is 2. The second kappa shape index (κ2) is 45.1. The van der Waals surface area contributed by atoms with Crippen LogP contribution in [-0.2, 0) is 32.7 Å². The minimum atomic E-state index is 0.196. The molecule has 38 heteroatoms. The van der Waals surface area contributed by atoms with Crippen LogP contribution in [-0.4, -0.2) is 83.7 Å². The van der Waals surface area contributed by atoms with Crippen molar-refractivity contribution in [2.75, 3.05) is 32.3 Å². The number of nitrogens with one attached hydrogen (secondary N) is 5. The smallest absolute Gasteiger partial charge is 0.185 e. The predicted molar refractivity (Wildman–Crippen MR) is 535 cm³/mol. The molecule has 0 radical (unpaired) electrons. The van der Waals surface area contributed by atoms with E-state index in [9.17, 15) is 15.6 Å². The average Bonchev–Trinajstić information content (AvgIpc) is 1.72. The summed E-state index contributed by atoms with van der Waals surface area (Å²) in [6, 6.07) is 43.4. The maximum Gasteiger partial charge on any atom is 0.185 e. The first-order chi connectivity index (χ1) is 64.0. The summed E-state index contributed by atoms with van der Waals surface area (Å²) in [7, 11) is 0. The molecule has 5 N–H and O–H groups in total. The van der Waals surface area contributed by atoms with Crippen LogP contribution in [0.4, 0.5) is 29.1 Å². The molecule has 21 rings (SSSR count). The van der Waals surface area contributed by atoms with Crippen molar-refractivity contribution < 1.29 is 14.2 Å². The van der Waals surface area contributed by atoms with Crippen molar-refractivity contribution in [3.05, 3.63) is 318 Å². The molecule has 0 saturated heterocycles. The fraction of sp³-hybridized carbons (Fsp3) is 0.290. The summed E-state index contributed by atoms with van der Waals surface area (Å²) in [5, 5.41) is 80.8. The van der Waals surface area contributed by atoms with Gasteiger partial charge < -0.3 is 42.2 Å². The number of anilines is 5. The molecule has 1 aliphatic heterocycles. The highest BCUT2D eigenvalue weighted by atomic mass is 79.9. The van der Waals surface area contributed by atoms with Crippen LogP contribution in [0.5, 0.6) is 0 Å². The van der Waals surface area contributed by atoms with Gasteiger partial charge in [0.05, 0.1) is 74.6 Å². The molecule has 29 nitrogen and oxygen atoms in total. The minimum absolute atomic E-state index is 0.196. The Morgan fingerprint density at radius 1 is 0.405 bits per heavy atom. The van der Waals surface area contributed by atoms with Crippen LogP contribution < -0.4 is 40.8 Å². The third-order valence-electron chi connectivity index (χ3n) is 22.7. The summed E-state index contributed by atoms with van der Waals surface area (Å²) in [6.07, 6.45) is 40.6. The largest absolute Gasteiger partial charge is 0.619 e. The Balaban J connectivity index is 0.000000119. The Bertz CT molecular complexity index is 6750. The van der Waals surface area contributed by atoms with E-state index in [4.69, 9.17) is 38.2 Å². The summed E-state index contributed by atoms with van der Waals surface area (Å²) >= 11 is 33.2. The zero-order valence-electron chi connectivity index (χ0n) is 71.5. The van der Waals surface area contributed by atoms with Crippen LogP contribution in [0.3, 0.4) is 0 Å². The van der Waals surface area contributed by atoms with Gasteiger partial charge in [0.1, 0.15) is 35.1 Å². The molecule has 0 amide bonds. The van der Waals surface area contributed by atoms with E-state index in [1.165, 1.54) is 156 Å². The summed E-state index contributed by atoms with van der Waals surface area (Å²) < 4.78 is 19.8. The maximum atomic E-state index is 11.5. The SMILES string of the molecule is Brc1cnn2c(NCc3ccc(C4CSN=N4)cc3)cc(C3CCCCC3)nc12.Brc1cnn2c(NCc3cccnc3)cc(C3CCCCC3)nc12.CC.[O-][n+]1cccc(CNc2cc(-c3ccc(Cl)cc3Cl)nc3c(Br)cnn23)c1.[O-][n+]1cccc(CNc2cc(-c3cccs3)nc3c(Br)cnn23)c1.[O-][n+]1cccc(CNc2cc(C3CCCCC3)nc3c(Br)cnn23)c1. The molecule has 2 aromatic carbocycles. The summed E-state index contributed by atoms with van der Waals surface area (Å²) in [4.78, 5) is 29.2. The van der Waals surface area contributed by atoms with Gasteiger partial charge in [0.15, 0.2) is 65.4 Å². The molecule has 3 fully saturated rings. The van der Waals surface area contributed by atoms with E-state index in [0.717, 1.165) is 139 Å². The summed E-state index contributed by atoms with van der Waals surface area (Å²) in [5.41, 5.74) is 16.1. The zero-order valence-corrected chi connectivity index (χ0v) is 82.6. The summed E-state index contributed by atoms with van der Waals surface area (Å²) in [6.45, 7) is 6.98. The highest BCUT2D eigenvalue weighted by Gasteiger charge is 2.26. The molecule has 1 atom stereocenters. The molecule has 131 heavy (non-hydrogen) atoms. The molecule has 674 valence electrons. The lowest BCUT2D eigenvalue weighted by Gasteiger charge is -2.22. The van der Waals surface area contributed by atoms with E-state index in [2.05, 4.69) is 205 Å². The number of aromatic nitrogens is 19. The van der Waals surface area contributed by atoms with Gasteiger partial charge in [-0.2, -0.15) is 67.4 Å². The fourth-order valence-electron chi connectivity index (χ4n) is 16.1. The van der Waals surface area contributed by atoms with Gasteiger partial charge in [0.2, 0.25) is 0 Å². The Hall–Kier alpha value is -10.8. The molecule has 0 bridgehead atoms. The predicted octanol–water partition coefficient (Wildman–Crippen LogP) is 23.8.